The predicted molar refractivity (Wildman–Crippen MR) is 68.9 cm³/mol. The quantitative estimate of drug-likeness (QED) is 0.890. The molecule has 0 radical (unpaired) electrons. The van der Waals surface area contributed by atoms with Crippen LogP contribution >= 0.6 is 0 Å². The third-order valence-corrected chi connectivity index (χ3v) is 5.32. The normalized spacial score (nSPS) is 28.7. The lowest BCUT2D eigenvalue weighted by Gasteiger charge is -2.27. The second-order valence-electron chi connectivity index (χ2n) is 5.13. The van der Waals surface area contributed by atoms with Crippen molar-refractivity contribution in [2.45, 2.75) is 50.0 Å². The van der Waals surface area contributed by atoms with E-state index in [9.17, 15) is 13.5 Å². The van der Waals surface area contributed by atoms with Gasteiger partial charge in [-0.1, -0.05) is 6.92 Å². The number of hydrogen-bond donors (Lipinski definition) is 1. The van der Waals surface area contributed by atoms with Gasteiger partial charge in [-0.2, -0.15) is 5.10 Å². The topological polar surface area (TPSA) is 72.2 Å². The summed E-state index contributed by atoms with van der Waals surface area (Å²) >= 11 is 0. The maximum atomic E-state index is 11.8. The molecular formula is C12H20N2O3S. The summed E-state index contributed by atoms with van der Waals surface area (Å²) in [5.74, 6) is 0. The molecule has 2 rings (SSSR count). The van der Waals surface area contributed by atoms with Crippen molar-refractivity contribution in [3.8, 4) is 0 Å². The largest absolute Gasteiger partial charge is 0.384 e. The summed E-state index contributed by atoms with van der Waals surface area (Å²) in [6.45, 7) is 2.82. The Balaban J connectivity index is 2.34. The van der Waals surface area contributed by atoms with Crippen molar-refractivity contribution in [1.29, 1.82) is 0 Å². The minimum Gasteiger partial charge on any atom is -0.384 e. The van der Waals surface area contributed by atoms with Gasteiger partial charge in [-0.05, 0) is 25.7 Å². The van der Waals surface area contributed by atoms with Crippen molar-refractivity contribution in [3.05, 3.63) is 18.0 Å². The molecule has 1 aromatic heterocycles. The minimum atomic E-state index is -3.25. The first-order chi connectivity index (χ1) is 8.38. The fourth-order valence-corrected chi connectivity index (χ4v) is 4.35. The highest BCUT2D eigenvalue weighted by Gasteiger charge is 2.48. The molecule has 18 heavy (non-hydrogen) atoms. The van der Waals surface area contributed by atoms with Crippen molar-refractivity contribution >= 4 is 9.84 Å². The van der Waals surface area contributed by atoms with Crippen LogP contribution in [0.1, 0.15) is 38.2 Å². The van der Waals surface area contributed by atoms with Gasteiger partial charge in [0.15, 0.2) is 9.84 Å². The molecule has 1 fully saturated rings. The van der Waals surface area contributed by atoms with E-state index < -0.39 is 20.7 Å². The van der Waals surface area contributed by atoms with Crippen LogP contribution in [0.5, 0.6) is 0 Å². The Hall–Kier alpha value is -0.880. The second kappa shape index (κ2) is 4.66. The van der Waals surface area contributed by atoms with E-state index in [1.807, 2.05) is 6.92 Å². The first-order valence-corrected chi connectivity index (χ1v) is 8.27. The smallest absolute Gasteiger partial charge is 0.153 e. The lowest BCUT2D eigenvalue weighted by Crippen LogP contribution is -2.39. The van der Waals surface area contributed by atoms with Crippen molar-refractivity contribution in [2.75, 3.05) is 6.26 Å². The maximum Gasteiger partial charge on any atom is 0.153 e. The number of sulfone groups is 1. The molecule has 102 valence electrons. The molecule has 1 N–H and O–H groups in total. The van der Waals surface area contributed by atoms with Gasteiger partial charge in [0.25, 0.3) is 0 Å². The number of rotatable bonds is 4. The molecule has 1 aliphatic rings. The summed E-state index contributed by atoms with van der Waals surface area (Å²) in [6.07, 6.45) is 7.26. The van der Waals surface area contributed by atoms with Crippen LogP contribution in [0.3, 0.4) is 0 Å². The lowest BCUT2D eigenvalue weighted by molar-refractivity contribution is 0.0476. The van der Waals surface area contributed by atoms with Gasteiger partial charge in [-0.25, -0.2) is 8.42 Å². The van der Waals surface area contributed by atoms with Crippen molar-refractivity contribution in [3.63, 3.8) is 0 Å². The third kappa shape index (κ3) is 2.31. The zero-order chi connectivity index (χ0) is 13.4. The summed E-state index contributed by atoms with van der Waals surface area (Å²) < 4.78 is 25.3. The summed E-state index contributed by atoms with van der Waals surface area (Å²) in [5, 5.41) is 14.2. The molecular weight excluding hydrogens is 252 g/mol. The first-order valence-electron chi connectivity index (χ1n) is 6.32. The summed E-state index contributed by atoms with van der Waals surface area (Å²) in [7, 11) is -3.25. The van der Waals surface area contributed by atoms with Gasteiger partial charge >= 0.3 is 0 Å². The van der Waals surface area contributed by atoms with Crippen LogP contribution in [0.15, 0.2) is 12.4 Å². The molecule has 1 saturated carbocycles. The van der Waals surface area contributed by atoms with Crippen LogP contribution in [0, 0.1) is 0 Å². The summed E-state index contributed by atoms with van der Waals surface area (Å²) in [6, 6.07) is 0. The van der Waals surface area contributed by atoms with E-state index in [1.54, 1.807) is 17.1 Å². The number of aliphatic hydroxyl groups is 1. The van der Waals surface area contributed by atoms with E-state index in [-0.39, 0.29) is 0 Å². The number of aromatic nitrogens is 2. The predicted octanol–water partition coefficient (Wildman–Crippen LogP) is 1.08. The monoisotopic (exact) mass is 272 g/mol. The average Bonchev–Trinajstić information content (AvgIpc) is 2.85. The Kier molecular flexibility index (Phi) is 3.51. The molecule has 1 aromatic rings. The maximum absolute atomic E-state index is 11.8. The Morgan fingerprint density at radius 3 is 2.94 bits per heavy atom. The van der Waals surface area contributed by atoms with E-state index in [1.165, 1.54) is 6.26 Å². The molecule has 6 heteroatoms. The molecule has 0 saturated heterocycles. The molecule has 0 amide bonds. The number of hydrogen-bond acceptors (Lipinski definition) is 4. The van der Waals surface area contributed by atoms with Gasteiger partial charge in [-0.15, -0.1) is 0 Å². The fourth-order valence-electron chi connectivity index (χ4n) is 2.79. The molecule has 0 aliphatic heterocycles. The summed E-state index contributed by atoms with van der Waals surface area (Å²) in [5.41, 5.74) is -0.636. The van der Waals surface area contributed by atoms with Crippen LogP contribution in [0.4, 0.5) is 0 Å². The Bertz CT molecular complexity index is 523. The van der Waals surface area contributed by atoms with Gasteiger partial charge in [0, 0.05) is 24.6 Å². The SMILES string of the molecule is CCCn1cc(C2(O)CCCC2S(C)(=O)=O)cn1. The van der Waals surface area contributed by atoms with E-state index in [2.05, 4.69) is 5.10 Å². The molecule has 2 atom stereocenters. The average molecular weight is 272 g/mol. The van der Waals surface area contributed by atoms with Crippen LogP contribution < -0.4 is 0 Å². The van der Waals surface area contributed by atoms with Crippen LogP contribution in [-0.4, -0.2) is 34.8 Å². The number of nitrogens with zero attached hydrogens (tertiary/aromatic N) is 2. The standard InChI is InChI=1S/C12H20N2O3S/c1-3-7-14-9-10(8-13-14)12(15)6-4-5-11(12)18(2,16)17/h8-9,11,15H,3-7H2,1-2H3. The van der Waals surface area contributed by atoms with Gasteiger partial charge in [-0.3, -0.25) is 4.68 Å². The van der Waals surface area contributed by atoms with Crippen LogP contribution in [-0.2, 0) is 22.0 Å². The van der Waals surface area contributed by atoms with E-state index in [0.717, 1.165) is 19.4 Å². The van der Waals surface area contributed by atoms with E-state index >= 15 is 0 Å². The number of aryl methyl sites for hydroxylation is 1. The van der Waals surface area contributed by atoms with Gasteiger partial charge < -0.3 is 5.11 Å². The highest BCUT2D eigenvalue weighted by Crippen LogP contribution is 2.42. The molecule has 0 spiro atoms. The fraction of sp³-hybridized carbons (Fsp3) is 0.750. The van der Waals surface area contributed by atoms with Crippen molar-refractivity contribution in [1.82, 2.24) is 9.78 Å². The lowest BCUT2D eigenvalue weighted by atomic mass is 9.95. The summed E-state index contributed by atoms with van der Waals surface area (Å²) in [4.78, 5) is 0. The molecule has 1 heterocycles. The molecule has 1 aliphatic carbocycles. The molecule has 5 nitrogen and oxygen atoms in total. The van der Waals surface area contributed by atoms with Crippen molar-refractivity contribution in [2.24, 2.45) is 0 Å². The van der Waals surface area contributed by atoms with E-state index in [4.69, 9.17) is 0 Å². The van der Waals surface area contributed by atoms with Crippen LogP contribution in [0.25, 0.3) is 0 Å². The Morgan fingerprint density at radius 1 is 1.61 bits per heavy atom. The zero-order valence-electron chi connectivity index (χ0n) is 10.8. The Morgan fingerprint density at radius 2 is 2.33 bits per heavy atom. The molecule has 2 unspecified atom stereocenters. The molecule has 0 aromatic carbocycles. The van der Waals surface area contributed by atoms with Gasteiger partial charge in [0.05, 0.1) is 11.4 Å². The first kappa shape index (κ1) is 13.5. The van der Waals surface area contributed by atoms with E-state index in [0.29, 0.717) is 18.4 Å². The second-order valence-corrected chi connectivity index (χ2v) is 7.35. The van der Waals surface area contributed by atoms with Gasteiger partial charge in [0.1, 0.15) is 5.60 Å². The van der Waals surface area contributed by atoms with Crippen molar-refractivity contribution < 1.29 is 13.5 Å². The highest BCUT2D eigenvalue weighted by molar-refractivity contribution is 7.91. The zero-order valence-corrected chi connectivity index (χ0v) is 11.7. The highest BCUT2D eigenvalue weighted by atomic mass is 32.2. The third-order valence-electron chi connectivity index (χ3n) is 3.66. The minimum absolute atomic E-state index is 0.489. The Labute approximate surface area is 108 Å². The van der Waals surface area contributed by atoms with Gasteiger partial charge in [0.2, 0.25) is 0 Å². The molecule has 0 bridgehead atoms. The van der Waals surface area contributed by atoms with Crippen LogP contribution in [0.2, 0.25) is 0 Å².